The molecule has 9 heteroatoms. The lowest BCUT2D eigenvalue weighted by molar-refractivity contribution is -0.0557. The van der Waals surface area contributed by atoms with Crippen LogP contribution in [0.2, 0.25) is 0 Å². The van der Waals surface area contributed by atoms with Crippen molar-refractivity contribution in [3.8, 4) is 11.5 Å². The van der Waals surface area contributed by atoms with Gasteiger partial charge in [-0.25, -0.2) is 0 Å². The molecule has 0 N–H and O–H groups in total. The number of benzene rings is 3. The average molecular weight is 610 g/mol. The van der Waals surface area contributed by atoms with Crippen molar-refractivity contribution in [3.63, 3.8) is 0 Å². The molecule has 234 valence electrons. The molecule has 0 spiro atoms. The van der Waals surface area contributed by atoms with Crippen molar-refractivity contribution in [1.82, 2.24) is 15.1 Å². The number of aromatic nitrogens is 1. The summed E-state index contributed by atoms with van der Waals surface area (Å²) in [6.07, 6.45) is 0. The largest absolute Gasteiger partial charge is 0.488 e. The zero-order valence-electron chi connectivity index (χ0n) is 26.0. The Morgan fingerprint density at radius 3 is 2.16 bits per heavy atom. The lowest BCUT2D eigenvalue weighted by Gasteiger charge is -2.25. The highest BCUT2D eigenvalue weighted by molar-refractivity contribution is 5.95. The maximum Gasteiger partial charge on any atom is 0.276 e. The van der Waals surface area contributed by atoms with Gasteiger partial charge >= 0.3 is 0 Å². The van der Waals surface area contributed by atoms with Crippen molar-refractivity contribution >= 4 is 17.2 Å². The summed E-state index contributed by atoms with van der Waals surface area (Å²) < 4.78 is 24.1. The Morgan fingerprint density at radius 1 is 0.889 bits per heavy atom. The Kier molecular flexibility index (Phi) is 9.47. The number of carbonyl (C=O) groups is 1. The van der Waals surface area contributed by atoms with Gasteiger partial charge < -0.3 is 28.5 Å². The highest BCUT2D eigenvalue weighted by Gasteiger charge is 2.32. The van der Waals surface area contributed by atoms with Gasteiger partial charge in [0.25, 0.3) is 5.91 Å². The fourth-order valence-corrected chi connectivity index (χ4v) is 5.41. The molecule has 0 unspecified atom stereocenters. The van der Waals surface area contributed by atoms with E-state index in [1.807, 2.05) is 66.6 Å². The van der Waals surface area contributed by atoms with Crippen LogP contribution in [0.5, 0.6) is 11.5 Å². The van der Waals surface area contributed by atoms with Gasteiger partial charge in [-0.05, 0) is 35.6 Å². The van der Waals surface area contributed by atoms with Gasteiger partial charge in [0, 0.05) is 31.8 Å². The Hall–Kier alpha value is -4.60. The number of carbonyl (C=O) groups excluding carboxylic acids is 1. The van der Waals surface area contributed by atoms with Crippen molar-refractivity contribution in [2.45, 2.75) is 39.9 Å². The lowest BCUT2D eigenvalue weighted by Crippen LogP contribution is -2.40. The fraction of sp³-hybridized carbons (Fsp3) is 0.333. The van der Waals surface area contributed by atoms with Crippen LogP contribution < -0.4 is 9.47 Å². The zero-order valence-corrected chi connectivity index (χ0v) is 26.0. The molecule has 0 radical (unpaired) electrons. The number of hydrogen-bond acceptors (Lipinski definition) is 8. The van der Waals surface area contributed by atoms with Crippen LogP contribution in [0, 0.1) is 0 Å². The Bertz CT molecular complexity index is 1630. The monoisotopic (exact) mass is 609 g/mol. The van der Waals surface area contributed by atoms with Crippen LogP contribution in [-0.2, 0) is 22.8 Å². The first-order valence-electron chi connectivity index (χ1n) is 15.5. The van der Waals surface area contributed by atoms with E-state index < -0.39 is 0 Å². The molecule has 1 aromatic heterocycles. The molecule has 4 aromatic rings. The Balaban J connectivity index is 1.40. The van der Waals surface area contributed by atoms with Crippen LogP contribution in [-0.4, -0.2) is 60.4 Å². The van der Waals surface area contributed by atoms with Crippen LogP contribution in [0.1, 0.15) is 65.2 Å². The Labute approximate surface area is 263 Å². The van der Waals surface area contributed by atoms with E-state index in [0.717, 1.165) is 33.6 Å². The first-order valence-corrected chi connectivity index (χ1v) is 15.5. The fourth-order valence-electron chi connectivity index (χ4n) is 5.41. The van der Waals surface area contributed by atoms with Crippen molar-refractivity contribution in [2.24, 2.45) is 0 Å². The minimum Gasteiger partial charge on any atom is -0.488 e. The van der Waals surface area contributed by atoms with E-state index in [-0.39, 0.29) is 17.5 Å². The lowest BCUT2D eigenvalue weighted by atomic mass is 9.96. The topological polar surface area (TPSA) is 86.5 Å². The summed E-state index contributed by atoms with van der Waals surface area (Å²) in [6.45, 7) is 10.3. The molecule has 0 atom stereocenters. The maximum atomic E-state index is 13.2. The van der Waals surface area contributed by atoms with E-state index in [1.54, 1.807) is 11.0 Å². The van der Waals surface area contributed by atoms with Crippen molar-refractivity contribution in [3.05, 3.63) is 113 Å². The molecule has 0 saturated carbocycles. The number of amides is 1. The van der Waals surface area contributed by atoms with E-state index in [9.17, 15) is 4.79 Å². The molecule has 6 rings (SSSR count). The van der Waals surface area contributed by atoms with Crippen molar-refractivity contribution in [2.75, 3.05) is 39.4 Å². The smallest absolute Gasteiger partial charge is 0.276 e. The maximum absolute atomic E-state index is 13.2. The number of hydrogen-bond donors (Lipinski definition) is 0. The normalized spacial score (nSPS) is 15.4. The summed E-state index contributed by atoms with van der Waals surface area (Å²) in [4.78, 5) is 21.3. The zero-order chi connectivity index (χ0) is 31.2. The van der Waals surface area contributed by atoms with E-state index in [4.69, 9.17) is 23.6 Å². The number of rotatable bonds is 11. The van der Waals surface area contributed by atoms with Crippen LogP contribution in [0.25, 0.3) is 11.3 Å². The number of morpholine rings is 1. The molecule has 1 saturated heterocycles. The first-order chi connectivity index (χ1) is 22.0. The minimum absolute atomic E-state index is 0.161. The standard InChI is InChI=1S/C36H39N3O6/c1-4-39-22-30(34-20-31(37-44-34)36(40)38-15-17-41-18-16-38)35(45-39)29-19-28(25(2)3)32(42-23-26-11-7-5-8-12-26)21-33(29)43-24-27-13-9-6-10-14-27/h5-14,19-21,25H,4,15-18,22-24H2,1-3H3. The number of likely N-dealkylation sites (N-methyl/N-ethyl adjacent to an activating group) is 1. The van der Waals surface area contributed by atoms with Gasteiger partial charge in [0.15, 0.2) is 17.2 Å². The summed E-state index contributed by atoms with van der Waals surface area (Å²) in [7, 11) is 0. The quantitative estimate of drug-likeness (QED) is 0.189. The highest BCUT2D eigenvalue weighted by atomic mass is 16.7. The minimum atomic E-state index is -0.171. The molecule has 2 aliphatic heterocycles. The van der Waals surface area contributed by atoms with Gasteiger partial charge in [-0.15, -0.1) is 5.06 Å². The number of ether oxygens (including phenoxy) is 3. The van der Waals surface area contributed by atoms with Gasteiger partial charge in [-0.2, -0.15) is 0 Å². The van der Waals surface area contributed by atoms with Crippen LogP contribution >= 0.6 is 0 Å². The van der Waals surface area contributed by atoms with Crippen LogP contribution in [0.15, 0.2) is 83.4 Å². The molecule has 3 heterocycles. The van der Waals surface area contributed by atoms with Crippen molar-refractivity contribution < 1.29 is 28.4 Å². The van der Waals surface area contributed by atoms with Crippen LogP contribution in [0.3, 0.4) is 0 Å². The SMILES string of the molecule is CCN1CC(c2cc(C(=O)N3CCOCC3)no2)=C(c2cc(C(C)C)c(OCc3ccccc3)cc2OCc2ccccc2)O1. The molecule has 1 fully saturated rings. The molecule has 45 heavy (non-hydrogen) atoms. The van der Waals surface area contributed by atoms with Gasteiger partial charge in [0.1, 0.15) is 24.7 Å². The van der Waals surface area contributed by atoms with Crippen molar-refractivity contribution in [1.29, 1.82) is 0 Å². The average Bonchev–Trinajstić information content (AvgIpc) is 3.75. The third kappa shape index (κ3) is 7.05. The third-order valence-electron chi connectivity index (χ3n) is 7.96. The Morgan fingerprint density at radius 2 is 1.53 bits per heavy atom. The number of hydroxylamine groups is 2. The van der Waals surface area contributed by atoms with Gasteiger partial charge in [-0.3, -0.25) is 4.79 Å². The predicted octanol–water partition coefficient (Wildman–Crippen LogP) is 6.56. The summed E-state index contributed by atoms with van der Waals surface area (Å²) >= 11 is 0. The van der Waals surface area contributed by atoms with E-state index in [1.165, 1.54) is 0 Å². The molecule has 0 aliphatic carbocycles. The molecular formula is C36H39N3O6. The molecule has 0 bridgehead atoms. The predicted molar refractivity (Wildman–Crippen MR) is 170 cm³/mol. The molecular weight excluding hydrogens is 570 g/mol. The summed E-state index contributed by atoms with van der Waals surface area (Å²) in [6, 6.07) is 25.9. The second kappa shape index (κ2) is 14.0. The van der Waals surface area contributed by atoms with E-state index in [2.05, 4.69) is 37.2 Å². The second-order valence-corrected chi connectivity index (χ2v) is 11.4. The summed E-state index contributed by atoms with van der Waals surface area (Å²) in [5.41, 5.74) is 4.99. The van der Waals surface area contributed by atoms with E-state index >= 15 is 0 Å². The molecule has 2 aliphatic rings. The first kappa shape index (κ1) is 30.4. The highest BCUT2D eigenvalue weighted by Crippen LogP contribution is 2.43. The molecule has 9 nitrogen and oxygen atoms in total. The van der Waals surface area contributed by atoms with E-state index in [0.29, 0.717) is 69.9 Å². The van der Waals surface area contributed by atoms with Crippen LogP contribution in [0.4, 0.5) is 0 Å². The molecule has 3 aromatic carbocycles. The summed E-state index contributed by atoms with van der Waals surface area (Å²) in [5.74, 6) is 2.47. The molecule has 1 amide bonds. The number of nitrogens with zero attached hydrogens (tertiary/aromatic N) is 3. The van der Waals surface area contributed by atoms with Gasteiger partial charge in [0.2, 0.25) is 0 Å². The second-order valence-electron chi connectivity index (χ2n) is 11.4. The third-order valence-corrected chi connectivity index (χ3v) is 7.96. The van der Waals surface area contributed by atoms with Gasteiger partial charge in [-0.1, -0.05) is 79.7 Å². The van der Waals surface area contributed by atoms with Gasteiger partial charge in [0.05, 0.1) is 30.9 Å². The summed E-state index contributed by atoms with van der Waals surface area (Å²) in [5, 5.41) is 6.01.